The van der Waals surface area contributed by atoms with Gasteiger partial charge in [0.2, 0.25) is 15.9 Å². The number of methoxy groups -OCH3 is 1. The first-order valence-electron chi connectivity index (χ1n) is 16.7. The maximum Gasteiger partial charge on any atom is 0.230 e. The lowest BCUT2D eigenvalue weighted by Crippen LogP contribution is -2.42. The van der Waals surface area contributed by atoms with Crippen molar-refractivity contribution < 1.29 is 17.9 Å². The van der Waals surface area contributed by atoms with Gasteiger partial charge < -0.3 is 9.64 Å². The largest absolute Gasteiger partial charge is 0.496 e. The third-order valence-corrected chi connectivity index (χ3v) is 11.0. The number of sulfonamides is 1. The van der Waals surface area contributed by atoms with Crippen molar-refractivity contribution >= 4 is 21.6 Å². The molecule has 3 aromatic rings. The second kappa shape index (κ2) is 13.7. The lowest BCUT2D eigenvalue weighted by molar-refractivity contribution is -0.123. The van der Waals surface area contributed by atoms with Crippen LogP contribution in [0.25, 0.3) is 11.1 Å². The van der Waals surface area contributed by atoms with Crippen molar-refractivity contribution in [1.82, 2.24) is 14.5 Å². The van der Waals surface area contributed by atoms with Crippen molar-refractivity contribution in [2.75, 3.05) is 31.4 Å². The zero-order chi connectivity index (χ0) is 31.6. The van der Waals surface area contributed by atoms with Crippen LogP contribution in [0.15, 0.2) is 54.9 Å². The molecule has 9 heteroatoms. The van der Waals surface area contributed by atoms with Crippen LogP contribution in [-0.4, -0.2) is 50.6 Å². The Labute approximate surface area is 268 Å². The van der Waals surface area contributed by atoms with Crippen LogP contribution in [0.2, 0.25) is 0 Å². The van der Waals surface area contributed by atoms with E-state index in [0.717, 1.165) is 80.5 Å². The van der Waals surface area contributed by atoms with Gasteiger partial charge in [-0.25, -0.2) is 13.1 Å². The zero-order valence-corrected chi connectivity index (χ0v) is 27.8. The molecule has 3 aliphatic rings. The number of aryl methyl sites for hydroxylation is 1. The highest BCUT2D eigenvalue weighted by Crippen LogP contribution is 2.40. The van der Waals surface area contributed by atoms with Gasteiger partial charge in [0.25, 0.3) is 0 Å². The highest BCUT2D eigenvalue weighted by Gasteiger charge is 2.33. The molecule has 0 spiro atoms. The fourth-order valence-corrected chi connectivity index (χ4v) is 7.94. The van der Waals surface area contributed by atoms with E-state index in [0.29, 0.717) is 24.4 Å². The number of nitrogens with one attached hydrogen (secondary N) is 1. The summed E-state index contributed by atoms with van der Waals surface area (Å²) < 4.78 is 33.4. The molecule has 1 aromatic heterocycles. The van der Waals surface area contributed by atoms with Gasteiger partial charge in [-0.1, -0.05) is 24.3 Å². The molecule has 45 heavy (non-hydrogen) atoms. The number of benzene rings is 2. The maximum absolute atomic E-state index is 14.3. The van der Waals surface area contributed by atoms with E-state index in [9.17, 15) is 13.2 Å². The summed E-state index contributed by atoms with van der Waals surface area (Å²) in [6.45, 7) is 3.29. The van der Waals surface area contributed by atoms with Crippen molar-refractivity contribution in [2.45, 2.75) is 83.1 Å². The van der Waals surface area contributed by atoms with E-state index in [-0.39, 0.29) is 17.7 Å². The summed E-state index contributed by atoms with van der Waals surface area (Å²) in [7, 11) is -1.49. The van der Waals surface area contributed by atoms with Gasteiger partial charge >= 0.3 is 0 Å². The normalized spacial score (nSPS) is 23.9. The number of hydrogen-bond donors (Lipinski definition) is 1. The third-order valence-electron chi connectivity index (χ3n) is 10.3. The predicted octanol–water partition coefficient (Wildman–Crippen LogP) is 6.86. The van der Waals surface area contributed by atoms with Crippen LogP contribution >= 0.6 is 0 Å². The third kappa shape index (κ3) is 7.98. The second-order valence-electron chi connectivity index (χ2n) is 13.7. The standard InChI is InChI=1S/C36H48N4O4S/c1-25-19-31(15-18-35(25)44-2)28-11-9-27(10-12-28)23-39(36(41)29-13-7-26(8-14-29)21-38-45(3,42)43)34-6-4-5-30(20-34)32-22-37-40(24-32)33-16-17-33/h4-6,15,18-20,22,24,26-29,33,38H,7-14,16-17,21,23H2,1-3H3. The minimum atomic E-state index is -3.21. The van der Waals surface area contributed by atoms with Crippen LogP contribution < -0.4 is 14.4 Å². The molecule has 0 bridgehead atoms. The topological polar surface area (TPSA) is 93.5 Å². The number of anilines is 1. The lowest BCUT2D eigenvalue weighted by atomic mass is 9.77. The van der Waals surface area contributed by atoms with Gasteiger partial charge in [0.1, 0.15) is 5.75 Å². The van der Waals surface area contributed by atoms with Gasteiger partial charge in [-0.15, -0.1) is 0 Å². The fraction of sp³-hybridized carbons (Fsp3) is 0.556. The molecule has 3 aliphatic carbocycles. The number of amides is 1. The summed E-state index contributed by atoms with van der Waals surface area (Å²) in [6.07, 6.45) is 15.4. The van der Waals surface area contributed by atoms with Gasteiger partial charge in [-0.3, -0.25) is 9.48 Å². The average molecular weight is 633 g/mol. The molecule has 8 nitrogen and oxygen atoms in total. The van der Waals surface area contributed by atoms with E-state index < -0.39 is 10.0 Å². The van der Waals surface area contributed by atoms with Crippen molar-refractivity contribution in [3.63, 3.8) is 0 Å². The van der Waals surface area contributed by atoms with E-state index in [2.05, 4.69) is 75.0 Å². The molecule has 0 unspecified atom stereocenters. The SMILES string of the molecule is COc1ccc(C2CCC(CN(C(=O)C3CCC(CNS(C)(=O)=O)CC3)c3cccc(-c4cnn(C5CC5)c4)c3)CC2)cc1C. The molecule has 3 saturated carbocycles. The molecule has 1 amide bonds. The Morgan fingerprint density at radius 1 is 0.956 bits per heavy atom. The molecule has 3 fully saturated rings. The molecular formula is C36H48N4O4S. The van der Waals surface area contributed by atoms with Gasteiger partial charge in [-0.05, 0) is 124 Å². The van der Waals surface area contributed by atoms with Gasteiger partial charge in [0.05, 0.1) is 25.6 Å². The Bertz CT molecular complexity index is 1580. The first-order chi connectivity index (χ1) is 21.7. The molecule has 0 atom stereocenters. The number of rotatable bonds is 11. The molecule has 242 valence electrons. The Balaban J connectivity index is 1.16. The molecule has 0 radical (unpaired) electrons. The quantitative estimate of drug-likeness (QED) is 0.249. The first kappa shape index (κ1) is 31.8. The second-order valence-corrected chi connectivity index (χ2v) is 15.6. The maximum atomic E-state index is 14.3. The smallest absolute Gasteiger partial charge is 0.230 e. The number of nitrogens with zero attached hydrogens (tertiary/aromatic N) is 3. The first-order valence-corrected chi connectivity index (χ1v) is 18.6. The molecular weight excluding hydrogens is 584 g/mol. The zero-order valence-electron chi connectivity index (χ0n) is 27.0. The van der Waals surface area contributed by atoms with Gasteiger partial charge in [-0.2, -0.15) is 5.10 Å². The number of aromatic nitrogens is 2. The van der Waals surface area contributed by atoms with Crippen LogP contribution in [0.5, 0.6) is 5.75 Å². The van der Waals surface area contributed by atoms with Crippen molar-refractivity contribution in [2.24, 2.45) is 17.8 Å². The van der Waals surface area contributed by atoms with E-state index in [1.54, 1.807) is 7.11 Å². The summed E-state index contributed by atoms with van der Waals surface area (Å²) in [5.74, 6) is 2.37. The minimum absolute atomic E-state index is 0.0423. The summed E-state index contributed by atoms with van der Waals surface area (Å²) in [5, 5.41) is 4.60. The number of carbonyl (C=O) groups excluding carboxylic acids is 1. The van der Waals surface area contributed by atoms with Crippen molar-refractivity contribution in [3.8, 4) is 16.9 Å². The molecule has 6 rings (SSSR count). The van der Waals surface area contributed by atoms with Crippen LogP contribution in [0.1, 0.15) is 87.3 Å². The number of hydrogen-bond acceptors (Lipinski definition) is 5. The minimum Gasteiger partial charge on any atom is -0.496 e. The van der Waals surface area contributed by atoms with Crippen molar-refractivity contribution in [1.29, 1.82) is 0 Å². The van der Waals surface area contributed by atoms with E-state index in [1.807, 2.05) is 6.20 Å². The summed E-state index contributed by atoms with van der Waals surface area (Å²) in [6, 6.07) is 15.5. The van der Waals surface area contributed by atoms with Gasteiger partial charge in [0.15, 0.2) is 0 Å². The monoisotopic (exact) mass is 632 g/mol. The Morgan fingerprint density at radius 2 is 1.69 bits per heavy atom. The summed E-state index contributed by atoms with van der Waals surface area (Å²) in [5.41, 5.74) is 5.71. The number of carbonyl (C=O) groups is 1. The summed E-state index contributed by atoms with van der Waals surface area (Å²) in [4.78, 5) is 16.4. The lowest BCUT2D eigenvalue weighted by Gasteiger charge is -2.36. The summed E-state index contributed by atoms with van der Waals surface area (Å²) >= 11 is 0. The molecule has 0 aliphatic heterocycles. The van der Waals surface area contributed by atoms with Crippen LogP contribution in [0.4, 0.5) is 5.69 Å². The van der Waals surface area contributed by atoms with Crippen molar-refractivity contribution in [3.05, 3.63) is 66.0 Å². The Hall–Kier alpha value is -3.17. The van der Waals surface area contributed by atoms with Crippen LogP contribution in [-0.2, 0) is 14.8 Å². The van der Waals surface area contributed by atoms with Crippen LogP contribution in [0, 0.1) is 24.7 Å². The highest BCUT2D eigenvalue weighted by atomic mass is 32.2. The highest BCUT2D eigenvalue weighted by molar-refractivity contribution is 7.88. The van der Waals surface area contributed by atoms with Crippen LogP contribution in [0.3, 0.4) is 0 Å². The fourth-order valence-electron chi connectivity index (χ4n) is 7.40. The Kier molecular flexibility index (Phi) is 9.66. The predicted molar refractivity (Wildman–Crippen MR) is 179 cm³/mol. The molecule has 2 aromatic carbocycles. The van der Waals surface area contributed by atoms with E-state index in [4.69, 9.17) is 4.74 Å². The van der Waals surface area contributed by atoms with Gasteiger partial charge in [0, 0.05) is 36.5 Å². The molecule has 0 saturated heterocycles. The van der Waals surface area contributed by atoms with E-state index >= 15 is 0 Å². The average Bonchev–Trinajstić information content (AvgIpc) is 3.78. The molecule has 1 heterocycles. The Morgan fingerprint density at radius 3 is 2.36 bits per heavy atom. The molecule has 1 N–H and O–H groups in total. The van der Waals surface area contributed by atoms with E-state index in [1.165, 1.54) is 30.2 Å². The number of ether oxygens (including phenoxy) is 1.